The van der Waals surface area contributed by atoms with Gasteiger partial charge in [0.25, 0.3) is 0 Å². The monoisotopic (exact) mass is 286 g/mol. The van der Waals surface area contributed by atoms with Crippen LogP contribution in [0.25, 0.3) is 11.3 Å². The third-order valence-corrected chi connectivity index (χ3v) is 3.49. The molecule has 1 aromatic carbocycles. The average Bonchev–Trinajstić information content (AvgIpc) is 3.21. The Labute approximate surface area is 125 Å². The van der Waals surface area contributed by atoms with Crippen molar-refractivity contribution < 1.29 is 9.15 Å². The zero-order valence-corrected chi connectivity index (χ0v) is 12.5. The van der Waals surface area contributed by atoms with Gasteiger partial charge in [-0.25, -0.2) is 4.98 Å². The molecule has 3 rings (SSSR count). The predicted molar refractivity (Wildman–Crippen MR) is 82.5 cm³/mol. The standard InChI is InChI=1S/C17H22N2O2/c1-2-10-20-15-5-3-4-13(11-15)16-12-19-17(21-16)8-9-18-14-6-7-14/h3-5,11-12,14,18H,2,6-10H2,1H3. The van der Waals surface area contributed by atoms with Gasteiger partial charge in [0.2, 0.25) is 0 Å². The van der Waals surface area contributed by atoms with Crippen LogP contribution in [0.5, 0.6) is 5.75 Å². The lowest BCUT2D eigenvalue weighted by molar-refractivity contribution is 0.317. The van der Waals surface area contributed by atoms with E-state index in [0.29, 0.717) is 0 Å². The van der Waals surface area contributed by atoms with E-state index in [9.17, 15) is 0 Å². The van der Waals surface area contributed by atoms with Crippen molar-refractivity contribution in [2.75, 3.05) is 13.2 Å². The molecule has 112 valence electrons. The normalized spacial score (nSPS) is 14.3. The molecule has 0 saturated heterocycles. The second-order valence-corrected chi connectivity index (χ2v) is 5.47. The topological polar surface area (TPSA) is 47.3 Å². The Bertz CT molecular complexity index is 576. The molecule has 0 radical (unpaired) electrons. The van der Waals surface area contributed by atoms with Gasteiger partial charge in [0.15, 0.2) is 11.7 Å². The Morgan fingerprint density at radius 1 is 1.38 bits per heavy atom. The molecule has 0 bridgehead atoms. The first-order valence-electron chi connectivity index (χ1n) is 7.76. The van der Waals surface area contributed by atoms with Crippen molar-refractivity contribution in [2.45, 2.75) is 38.6 Å². The Balaban J connectivity index is 1.61. The fourth-order valence-corrected chi connectivity index (χ4v) is 2.19. The zero-order chi connectivity index (χ0) is 14.5. The molecule has 1 N–H and O–H groups in total. The second-order valence-electron chi connectivity index (χ2n) is 5.47. The van der Waals surface area contributed by atoms with Crippen LogP contribution in [0.1, 0.15) is 32.1 Å². The lowest BCUT2D eigenvalue weighted by atomic mass is 10.2. The Hall–Kier alpha value is -1.81. The molecule has 1 fully saturated rings. The fourth-order valence-electron chi connectivity index (χ4n) is 2.19. The summed E-state index contributed by atoms with van der Waals surface area (Å²) in [5.74, 6) is 2.47. The van der Waals surface area contributed by atoms with Gasteiger partial charge in [0, 0.05) is 24.6 Å². The zero-order valence-electron chi connectivity index (χ0n) is 12.5. The number of nitrogens with one attached hydrogen (secondary N) is 1. The SMILES string of the molecule is CCCOc1cccc(-c2cnc(CCNC3CC3)o2)c1. The fraction of sp³-hybridized carbons (Fsp3) is 0.471. The summed E-state index contributed by atoms with van der Waals surface area (Å²) < 4.78 is 11.5. The summed E-state index contributed by atoms with van der Waals surface area (Å²) in [7, 11) is 0. The van der Waals surface area contributed by atoms with Crippen LogP contribution < -0.4 is 10.1 Å². The van der Waals surface area contributed by atoms with Gasteiger partial charge in [-0.15, -0.1) is 0 Å². The number of hydrogen-bond acceptors (Lipinski definition) is 4. The Morgan fingerprint density at radius 3 is 3.10 bits per heavy atom. The van der Waals surface area contributed by atoms with Crippen molar-refractivity contribution in [1.82, 2.24) is 10.3 Å². The molecule has 0 amide bonds. The molecule has 21 heavy (non-hydrogen) atoms. The molecule has 1 heterocycles. The van der Waals surface area contributed by atoms with Gasteiger partial charge in [-0.2, -0.15) is 0 Å². The predicted octanol–water partition coefficient (Wildman–Crippen LogP) is 3.42. The molecule has 1 saturated carbocycles. The highest BCUT2D eigenvalue weighted by molar-refractivity contribution is 5.58. The highest BCUT2D eigenvalue weighted by atomic mass is 16.5. The van der Waals surface area contributed by atoms with E-state index in [1.54, 1.807) is 6.20 Å². The van der Waals surface area contributed by atoms with Gasteiger partial charge in [-0.1, -0.05) is 19.1 Å². The number of ether oxygens (including phenoxy) is 1. The Morgan fingerprint density at radius 2 is 2.29 bits per heavy atom. The van der Waals surface area contributed by atoms with E-state index >= 15 is 0 Å². The largest absolute Gasteiger partial charge is 0.494 e. The maximum absolute atomic E-state index is 5.82. The molecule has 0 aliphatic heterocycles. The van der Waals surface area contributed by atoms with Gasteiger partial charge >= 0.3 is 0 Å². The highest BCUT2D eigenvalue weighted by Gasteiger charge is 2.20. The van der Waals surface area contributed by atoms with E-state index in [2.05, 4.69) is 17.2 Å². The first-order valence-corrected chi connectivity index (χ1v) is 7.76. The lowest BCUT2D eigenvalue weighted by Crippen LogP contribution is -2.19. The van der Waals surface area contributed by atoms with Gasteiger partial charge < -0.3 is 14.5 Å². The van der Waals surface area contributed by atoms with Gasteiger partial charge in [-0.05, 0) is 31.4 Å². The van der Waals surface area contributed by atoms with E-state index in [1.165, 1.54) is 12.8 Å². The number of aromatic nitrogens is 1. The number of benzene rings is 1. The summed E-state index contributed by atoms with van der Waals surface area (Å²) in [5.41, 5.74) is 1.01. The summed E-state index contributed by atoms with van der Waals surface area (Å²) in [6.45, 7) is 3.77. The number of oxazole rings is 1. The van der Waals surface area contributed by atoms with Crippen LogP contribution in [0, 0.1) is 0 Å². The first kappa shape index (κ1) is 14.1. The lowest BCUT2D eigenvalue weighted by Gasteiger charge is -2.05. The molecular weight excluding hydrogens is 264 g/mol. The van der Waals surface area contributed by atoms with Crippen LogP contribution in [-0.2, 0) is 6.42 Å². The number of rotatable bonds is 8. The van der Waals surface area contributed by atoms with E-state index in [-0.39, 0.29) is 0 Å². The smallest absolute Gasteiger partial charge is 0.196 e. The van der Waals surface area contributed by atoms with Crippen molar-refractivity contribution in [3.8, 4) is 17.1 Å². The van der Waals surface area contributed by atoms with Crippen LogP contribution in [0.3, 0.4) is 0 Å². The van der Waals surface area contributed by atoms with Crippen LogP contribution in [0.4, 0.5) is 0 Å². The summed E-state index contributed by atoms with van der Waals surface area (Å²) in [4.78, 5) is 4.35. The highest BCUT2D eigenvalue weighted by Crippen LogP contribution is 2.25. The molecule has 1 aliphatic carbocycles. The van der Waals surface area contributed by atoms with Crippen LogP contribution in [0.2, 0.25) is 0 Å². The molecule has 4 heteroatoms. The van der Waals surface area contributed by atoms with E-state index in [4.69, 9.17) is 9.15 Å². The molecule has 4 nitrogen and oxygen atoms in total. The summed E-state index contributed by atoms with van der Waals surface area (Å²) in [6, 6.07) is 8.70. The summed E-state index contributed by atoms with van der Waals surface area (Å²) >= 11 is 0. The molecule has 1 aromatic heterocycles. The molecular formula is C17H22N2O2. The summed E-state index contributed by atoms with van der Waals surface area (Å²) in [6.07, 6.45) is 6.25. The third kappa shape index (κ3) is 4.08. The van der Waals surface area contributed by atoms with Crippen molar-refractivity contribution in [3.05, 3.63) is 36.4 Å². The molecule has 0 spiro atoms. The van der Waals surface area contributed by atoms with Crippen molar-refractivity contribution in [3.63, 3.8) is 0 Å². The van der Waals surface area contributed by atoms with Crippen molar-refractivity contribution >= 4 is 0 Å². The number of nitrogens with zero attached hydrogens (tertiary/aromatic N) is 1. The third-order valence-electron chi connectivity index (χ3n) is 3.49. The van der Waals surface area contributed by atoms with Gasteiger partial charge in [-0.3, -0.25) is 0 Å². The minimum atomic E-state index is 0.729. The minimum Gasteiger partial charge on any atom is -0.494 e. The van der Waals surface area contributed by atoms with E-state index in [0.717, 1.165) is 55.0 Å². The molecule has 0 atom stereocenters. The quantitative estimate of drug-likeness (QED) is 0.807. The first-order chi connectivity index (χ1) is 10.3. The van der Waals surface area contributed by atoms with Crippen LogP contribution in [-0.4, -0.2) is 24.2 Å². The average molecular weight is 286 g/mol. The minimum absolute atomic E-state index is 0.729. The molecule has 0 unspecified atom stereocenters. The summed E-state index contributed by atoms with van der Waals surface area (Å²) in [5, 5.41) is 3.47. The number of hydrogen-bond donors (Lipinski definition) is 1. The van der Waals surface area contributed by atoms with E-state index in [1.807, 2.05) is 24.3 Å². The Kier molecular flexibility index (Phi) is 4.55. The van der Waals surface area contributed by atoms with Crippen LogP contribution >= 0.6 is 0 Å². The van der Waals surface area contributed by atoms with Gasteiger partial charge in [0.05, 0.1) is 12.8 Å². The van der Waals surface area contributed by atoms with Gasteiger partial charge in [0.1, 0.15) is 5.75 Å². The van der Waals surface area contributed by atoms with Crippen molar-refractivity contribution in [2.24, 2.45) is 0 Å². The maximum atomic E-state index is 5.82. The molecule has 2 aromatic rings. The second kappa shape index (κ2) is 6.76. The van der Waals surface area contributed by atoms with E-state index < -0.39 is 0 Å². The maximum Gasteiger partial charge on any atom is 0.196 e. The van der Waals surface area contributed by atoms with Crippen molar-refractivity contribution in [1.29, 1.82) is 0 Å². The van der Waals surface area contributed by atoms with Crippen LogP contribution in [0.15, 0.2) is 34.9 Å². The molecule has 1 aliphatic rings.